The molecule has 0 bridgehead atoms. The van der Waals surface area contributed by atoms with Gasteiger partial charge in [0.25, 0.3) is 0 Å². The third-order valence-corrected chi connectivity index (χ3v) is 6.60. The maximum Gasteiger partial charge on any atom is 0.244 e. The van der Waals surface area contributed by atoms with Crippen molar-refractivity contribution >= 4 is 28.6 Å². The van der Waals surface area contributed by atoms with Crippen LogP contribution < -0.4 is 5.32 Å². The Labute approximate surface area is 173 Å². The Hall–Kier alpha value is -2.06. The van der Waals surface area contributed by atoms with Crippen molar-refractivity contribution in [2.75, 3.05) is 26.3 Å². The maximum atomic E-state index is 13.2. The summed E-state index contributed by atoms with van der Waals surface area (Å²) in [7, 11) is 0. The van der Waals surface area contributed by atoms with Gasteiger partial charge in [-0.3, -0.25) is 10.1 Å². The molecule has 146 valence electrons. The molecular formula is C21H23N3O2S2. The summed E-state index contributed by atoms with van der Waals surface area (Å²) in [6.07, 6.45) is 0. The zero-order chi connectivity index (χ0) is 19.3. The van der Waals surface area contributed by atoms with E-state index in [9.17, 15) is 4.79 Å². The van der Waals surface area contributed by atoms with Crippen molar-refractivity contribution in [1.82, 2.24) is 15.2 Å². The van der Waals surface area contributed by atoms with Crippen molar-refractivity contribution in [1.29, 1.82) is 0 Å². The minimum Gasteiger partial charge on any atom is -0.378 e. The highest BCUT2D eigenvalue weighted by Crippen LogP contribution is 2.29. The fourth-order valence-corrected chi connectivity index (χ4v) is 4.86. The first-order chi connectivity index (χ1) is 13.7. The Morgan fingerprint density at radius 3 is 2.71 bits per heavy atom. The number of hydrogen-bond donors (Lipinski definition) is 1. The molecule has 1 aromatic carbocycles. The van der Waals surface area contributed by atoms with E-state index in [2.05, 4.69) is 27.8 Å². The molecule has 1 saturated heterocycles. The number of nitrogens with zero attached hydrogens (tertiary/aromatic N) is 2. The van der Waals surface area contributed by atoms with Gasteiger partial charge in [0.2, 0.25) is 5.91 Å². The van der Waals surface area contributed by atoms with Crippen LogP contribution in [0.25, 0.3) is 10.6 Å². The molecule has 0 unspecified atom stereocenters. The standard InChI is InChI=1S/C21H23N3O2S2/c1-15-23-18(14-27-15)19-8-7-17(28-19)13-22-20(16-5-3-2-4-6-16)21(25)24-9-11-26-12-10-24/h2-8,14,20,22H,9-13H2,1H3/t20-/m0/s1. The number of thiazole rings is 1. The quantitative estimate of drug-likeness (QED) is 0.667. The third kappa shape index (κ3) is 4.50. The zero-order valence-electron chi connectivity index (χ0n) is 15.8. The second kappa shape index (κ2) is 8.96. The average molecular weight is 414 g/mol. The van der Waals surface area contributed by atoms with E-state index in [4.69, 9.17) is 4.74 Å². The summed E-state index contributed by atoms with van der Waals surface area (Å²) in [6, 6.07) is 13.8. The Morgan fingerprint density at radius 2 is 2.00 bits per heavy atom. The molecule has 28 heavy (non-hydrogen) atoms. The Bertz CT molecular complexity index is 917. The molecule has 3 heterocycles. The number of carbonyl (C=O) groups is 1. The lowest BCUT2D eigenvalue weighted by Crippen LogP contribution is -2.46. The number of nitrogens with one attached hydrogen (secondary N) is 1. The Morgan fingerprint density at radius 1 is 1.21 bits per heavy atom. The van der Waals surface area contributed by atoms with Crippen molar-refractivity contribution in [2.45, 2.75) is 19.5 Å². The molecule has 1 aliphatic heterocycles. The zero-order valence-corrected chi connectivity index (χ0v) is 17.4. The summed E-state index contributed by atoms with van der Waals surface area (Å²) in [4.78, 5) is 22.0. The molecule has 0 radical (unpaired) electrons. The summed E-state index contributed by atoms with van der Waals surface area (Å²) in [5, 5.41) is 6.64. The van der Waals surface area contributed by atoms with Gasteiger partial charge in [-0.1, -0.05) is 30.3 Å². The Balaban J connectivity index is 1.48. The van der Waals surface area contributed by atoms with Crippen molar-refractivity contribution < 1.29 is 9.53 Å². The van der Waals surface area contributed by atoms with E-state index in [0.29, 0.717) is 32.8 Å². The lowest BCUT2D eigenvalue weighted by atomic mass is 10.1. The summed E-state index contributed by atoms with van der Waals surface area (Å²) in [5.41, 5.74) is 2.02. The second-order valence-corrected chi connectivity index (χ2v) is 8.91. The van der Waals surface area contributed by atoms with Crippen LogP contribution >= 0.6 is 22.7 Å². The van der Waals surface area contributed by atoms with Crippen LogP contribution in [0.2, 0.25) is 0 Å². The van der Waals surface area contributed by atoms with Crippen LogP contribution in [-0.4, -0.2) is 42.1 Å². The largest absolute Gasteiger partial charge is 0.378 e. The lowest BCUT2D eigenvalue weighted by molar-refractivity contribution is -0.137. The molecule has 0 saturated carbocycles. The molecule has 1 atom stereocenters. The van der Waals surface area contributed by atoms with Crippen LogP contribution in [0, 0.1) is 6.92 Å². The number of aryl methyl sites for hydroxylation is 1. The van der Waals surface area contributed by atoms with Crippen molar-refractivity contribution in [2.24, 2.45) is 0 Å². The molecule has 1 aliphatic rings. The SMILES string of the molecule is Cc1nc(-c2ccc(CN[C@H](C(=O)N3CCOCC3)c3ccccc3)s2)cs1. The molecule has 2 aromatic heterocycles. The summed E-state index contributed by atoms with van der Waals surface area (Å²) < 4.78 is 5.39. The van der Waals surface area contributed by atoms with Crippen molar-refractivity contribution in [3.05, 3.63) is 63.3 Å². The number of thiophene rings is 1. The molecule has 1 amide bonds. The summed E-state index contributed by atoms with van der Waals surface area (Å²) >= 11 is 3.38. The molecule has 4 rings (SSSR count). The van der Waals surface area contributed by atoms with E-state index in [1.807, 2.05) is 42.2 Å². The number of benzene rings is 1. The van der Waals surface area contributed by atoms with Crippen LogP contribution in [0.1, 0.15) is 21.5 Å². The monoisotopic (exact) mass is 413 g/mol. The predicted molar refractivity (Wildman–Crippen MR) is 114 cm³/mol. The van der Waals surface area contributed by atoms with Crippen LogP contribution in [0.3, 0.4) is 0 Å². The molecule has 1 fully saturated rings. The summed E-state index contributed by atoms with van der Waals surface area (Å²) in [5.74, 6) is 0.112. The number of ether oxygens (including phenoxy) is 1. The summed E-state index contributed by atoms with van der Waals surface area (Å²) in [6.45, 7) is 5.17. The van der Waals surface area contributed by atoms with E-state index in [1.165, 1.54) is 4.88 Å². The van der Waals surface area contributed by atoms with Crippen LogP contribution in [0.4, 0.5) is 0 Å². The minimum atomic E-state index is -0.355. The molecule has 0 spiro atoms. The third-order valence-electron chi connectivity index (χ3n) is 4.72. The maximum absolute atomic E-state index is 13.2. The average Bonchev–Trinajstić information content (AvgIpc) is 3.38. The lowest BCUT2D eigenvalue weighted by Gasteiger charge is -2.31. The first-order valence-electron chi connectivity index (χ1n) is 9.37. The number of aromatic nitrogens is 1. The molecule has 1 N–H and O–H groups in total. The smallest absolute Gasteiger partial charge is 0.244 e. The highest BCUT2D eigenvalue weighted by atomic mass is 32.1. The fourth-order valence-electron chi connectivity index (χ4n) is 3.25. The number of morpholine rings is 1. The van der Waals surface area contributed by atoms with E-state index in [0.717, 1.165) is 21.1 Å². The van der Waals surface area contributed by atoms with Crippen molar-refractivity contribution in [3.8, 4) is 10.6 Å². The van der Waals surface area contributed by atoms with Gasteiger partial charge in [0, 0.05) is 29.9 Å². The van der Waals surface area contributed by atoms with Crippen molar-refractivity contribution in [3.63, 3.8) is 0 Å². The van der Waals surface area contributed by atoms with E-state index in [-0.39, 0.29) is 11.9 Å². The van der Waals surface area contributed by atoms with Gasteiger partial charge in [-0.15, -0.1) is 22.7 Å². The number of amides is 1. The topological polar surface area (TPSA) is 54.5 Å². The first-order valence-corrected chi connectivity index (χ1v) is 11.1. The van der Waals surface area contributed by atoms with Gasteiger partial charge >= 0.3 is 0 Å². The van der Waals surface area contributed by atoms with Gasteiger partial charge in [0.15, 0.2) is 0 Å². The first kappa shape index (κ1) is 19.3. The van der Waals surface area contributed by atoms with Crippen LogP contribution in [0.15, 0.2) is 47.8 Å². The number of hydrogen-bond acceptors (Lipinski definition) is 6. The van der Waals surface area contributed by atoms with E-state index < -0.39 is 0 Å². The van der Waals surface area contributed by atoms with Gasteiger partial charge in [-0.25, -0.2) is 4.98 Å². The van der Waals surface area contributed by atoms with Gasteiger partial charge in [0.05, 0.1) is 28.8 Å². The predicted octanol–water partition coefficient (Wildman–Crippen LogP) is 3.87. The Kier molecular flexibility index (Phi) is 6.17. The van der Waals surface area contributed by atoms with E-state index >= 15 is 0 Å². The normalized spacial score (nSPS) is 15.5. The molecule has 3 aromatic rings. The molecule has 5 nitrogen and oxygen atoms in total. The molecule has 0 aliphatic carbocycles. The number of rotatable bonds is 6. The van der Waals surface area contributed by atoms with Crippen LogP contribution in [-0.2, 0) is 16.1 Å². The van der Waals surface area contributed by atoms with Crippen LogP contribution in [0.5, 0.6) is 0 Å². The second-order valence-electron chi connectivity index (χ2n) is 6.68. The van der Waals surface area contributed by atoms with Gasteiger partial charge in [0.1, 0.15) is 6.04 Å². The minimum absolute atomic E-state index is 0.112. The molecular weight excluding hydrogens is 390 g/mol. The highest BCUT2D eigenvalue weighted by molar-refractivity contribution is 7.16. The van der Waals surface area contributed by atoms with Gasteiger partial charge in [-0.2, -0.15) is 0 Å². The van der Waals surface area contributed by atoms with Gasteiger partial charge < -0.3 is 9.64 Å². The fraction of sp³-hybridized carbons (Fsp3) is 0.333. The number of carbonyl (C=O) groups excluding carboxylic acids is 1. The highest BCUT2D eigenvalue weighted by Gasteiger charge is 2.27. The van der Waals surface area contributed by atoms with E-state index in [1.54, 1.807) is 22.7 Å². The van der Waals surface area contributed by atoms with Gasteiger partial charge in [-0.05, 0) is 24.6 Å². The molecule has 7 heteroatoms.